The molecular formula is C27H36O6SSi. The highest BCUT2D eigenvalue weighted by Crippen LogP contribution is 2.45. The monoisotopic (exact) mass is 516 g/mol. The fourth-order valence-electron chi connectivity index (χ4n) is 4.02. The molecule has 2 aliphatic rings. The van der Waals surface area contributed by atoms with Crippen LogP contribution in [0.5, 0.6) is 0 Å². The summed E-state index contributed by atoms with van der Waals surface area (Å²) < 4.78 is 31.7. The second kappa shape index (κ2) is 10.7. The highest BCUT2D eigenvalue weighted by molar-refractivity contribution is 8.00. The predicted octanol–water partition coefficient (Wildman–Crippen LogP) is 5.94. The van der Waals surface area contributed by atoms with Crippen LogP contribution in [0.4, 0.5) is 0 Å². The Morgan fingerprint density at radius 3 is 2.23 bits per heavy atom. The smallest absolute Gasteiger partial charge is 0.304 e. The summed E-state index contributed by atoms with van der Waals surface area (Å²) in [6, 6.07) is 20.0. The average Bonchev–Trinajstić information content (AvgIpc) is 2.81. The van der Waals surface area contributed by atoms with Gasteiger partial charge in [0.2, 0.25) is 6.29 Å². The maximum atomic E-state index is 12.1. The standard InChI is InChI=1S/C27H36O6SSi/c1-18(28)30-26-24(34-20-15-11-8-12-16-20)23(33-35(5,6)27(2,3)4)22-21(31-26)17-29-25(32-22)19-13-9-7-10-14-19/h7-16,21-26H,17H2,1-6H3/t21-,22-,23+,24-,25?,26-/m1/s1. The van der Waals surface area contributed by atoms with Crippen molar-refractivity contribution in [3.63, 3.8) is 0 Å². The van der Waals surface area contributed by atoms with Gasteiger partial charge in [0.25, 0.3) is 0 Å². The molecule has 35 heavy (non-hydrogen) atoms. The molecule has 190 valence electrons. The number of esters is 1. The number of fused-ring (bicyclic) bond motifs is 1. The second-order valence-electron chi connectivity index (χ2n) is 10.6. The molecule has 0 aromatic heterocycles. The van der Waals surface area contributed by atoms with Gasteiger partial charge in [-0.3, -0.25) is 4.79 Å². The Balaban J connectivity index is 1.71. The minimum atomic E-state index is -2.23. The zero-order valence-corrected chi connectivity index (χ0v) is 23.1. The number of benzene rings is 2. The molecule has 0 spiro atoms. The van der Waals surface area contributed by atoms with E-state index in [0.717, 1.165) is 10.5 Å². The van der Waals surface area contributed by atoms with Crippen molar-refractivity contribution < 1.29 is 28.2 Å². The molecule has 1 unspecified atom stereocenters. The van der Waals surface area contributed by atoms with Gasteiger partial charge in [0.1, 0.15) is 12.2 Å². The molecule has 8 heteroatoms. The summed E-state index contributed by atoms with van der Waals surface area (Å²) in [5.41, 5.74) is 0.950. The zero-order chi connectivity index (χ0) is 25.2. The summed E-state index contributed by atoms with van der Waals surface area (Å²) in [6.45, 7) is 12.8. The van der Waals surface area contributed by atoms with Gasteiger partial charge >= 0.3 is 5.97 Å². The minimum absolute atomic E-state index is 0.0102. The third kappa shape index (κ3) is 6.18. The summed E-state index contributed by atoms with van der Waals surface area (Å²) in [4.78, 5) is 13.1. The van der Waals surface area contributed by atoms with Crippen molar-refractivity contribution in [2.24, 2.45) is 0 Å². The van der Waals surface area contributed by atoms with Crippen LogP contribution in [0, 0.1) is 0 Å². The lowest BCUT2D eigenvalue weighted by Crippen LogP contribution is -2.64. The zero-order valence-electron chi connectivity index (χ0n) is 21.3. The van der Waals surface area contributed by atoms with Gasteiger partial charge in [0, 0.05) is 17.4 Å². The largest absolute Gasteiger partial charge is 0.435 e. The van der Waals surface area contributed by atoms with Gasteiger partial charge in [0.15, 0.2) is 14.6 Å². The lowest BCUT2D eigenvalue weighted by atomic mass is 9.99. The van der Waals surface area contributed by atoms with E-state index >= 15 is 0 Å². The molecule has 4 rings (SSSR count). The molecule has 2 saturated heterocycles. The lowest BCUT2D eigenvalue weighted by Gasteiger charge is -2.51. The maximum Gasteiger partial charge on any atom is 0.304 e. The van der Waals surface area contributed by atoms with Gasteiger partial charge < -0.3 is 23.4 Å². The number of hydrogen-bond acceptors (Lipinski definition) is 7. The summed E-state index contributed by atoms with van der Waals surface area (Å²) in [6.07, 6.45) is -2.45. The Kier molecular flexibility index (Phi) is 8.10. The molecule has 0 saturated carbocycles. The second-order valence-corrected chi connectivity index (χ2v) is 16.6. The van der Waals surface area contributed by atoms with Crippen molar-refractivity contribution in [1.82, 2.24) is 0 Å². The van der Waals surface area contributed by atoms with Gasteiger partial charge in [-0.2, -0.15) is 0 Å². The van der Waals surface area contributed by atoms with Crippen LogP contribution in [0.1, 0.15) is 39.5 Å². The molecule has 2 fully saturated rings. The molecule has 6 nitrogen and oxygen atoms in total. The SMILES string of the molecule is CC(=O)O[C@@H]1O[C@@H]2COC(c3ccccc3)O[C@H]2[C@H](O[Si](C)(C)C(C)(C)C)[C@H]1Sc1ccccc1. The molecule has 2 aromatic rings. The van der Waals surface area contributed by atoms with E-state index in [1.807, 2.05) is 60.7 Å². The molecule has 0 amide bonds. The van der Waals surface area contributed by atoms with E-state index in [4.69, 9.17) is 23.4 Å². The Hall–Kier alpha value is -1.68. The maximum absolute atomic E-state index is 12.1. The minimum Gasteiger partial charge on any atom is -0.435 e. The summed E-state index contributed by atoms with van der Waals surface area (Å²) in [7, 11) is -2.23. The Morgan fingerprint density at radius 1 is 1.00 bits per heavy atom. The number of rotatable bonds is 6. The lowest BCUT2D eigenvalue weighted by molar-refractivity contribution is -0.328. The van der Waals surface area contributed by atoms with Crippen LogP contribution in [-0.4, -0.2) is 50.7 Å². The van der Waals surface area contributed by atoms with Gasteiger partial charge in [-0.25, -0.2) is 0 Å². The van der Waals surface area contributed by atoms with Gasteiger partial charge in [-0.1, -0.05) is 69.3 Å². The molecule has 2 aliphatic heterocycles. The number of carbonyl (C=O) groups excluding carboxylic acids is 1. The highest BCUT2D eigenvalue weighted by Gasteiger charge is 2.54. The normalized spacial score (nSPS) is 29.3. The van der Waals surface area contributed by atoms with Crippen molar-refractivity contribution in [2.75, 3.05) is 6.61 Å². The van der Waals surface area contributed by atoms with Crippen LogP contribution in [-0.2, 0) is 28.2 Å². The summed E-state index contributed by atoms with van der Waals surface area (Å²) in [5, 5.41) is -0.324. The number of thioether (sulfide) groups is 1. The first-order valence-corrected chi connectivity index (χ1v) is 15.9. The number of ether oxygens (including phenoxy) is 4. The fourth-order valence-corrected chi connectivity index (χ4v) is 6.63. The molecule has 2 heterocycles. The van der Waals surface area contributed by atoms with E-state index < -0.39 is 33.0 Å². The predicted molar refractivity (Wildman–Crippen MR) is 139 cm³/mol. The van der Waals surface area contributed by atoms with Crippen molar-refractivity contribution in [3.8, 4) is 0 Å². The number of carbonyl (C=O) groups is 1. The fraction of sp³-hybridized carbons (Fsp3) is 0.519. The third-order valence-electron chi connectivity index (χ3n) is 6.89. The van der Waals surface area contributed by atoms with E-state index in [9.17, 15) is 4.79 Å². The van der Waals surface area contributed by atoms with E-state index in [-0.39, 0.29) is 22.5 Å². The van der Waals surface area contributed by atoms with Crippen LogP contribution in [0.3, 0.4) is 0 Å². The quantitative estimate of drug-likeness (QED) is 0.348. The van der Waals surface area contributed by atoms with E-state index in [1.54, 1.807) is 11.8 Å². The first kappa shape index (κ1) is 26.4. The van der Waals surface area contributed by atoms with Crippen LogP contribution in [0.25, 0.3) is 0 Å². The average molecular weight is 517 g/mol. The molecular weight excluding hydrogens is 480 g/mol. The molecule has 0 aliphatic carbocycles. The number of hydrogen-bond donors (Lipinski definition) is 0. The molecule has 0 bridgehead atoms. The van der Waals surface area contributed by atoms with Gasteiger partial charge in [-0.05, 0) is 30.3 Å². The van der Waals surface area contributed by atoms with Crippen molar-refractivity contribution in [3.05, 3.63) is 66.2 Å². The Morgan fingerprint density at radius 2 is 1.63 bits per heavy atom. The van der Waals surface area contributed by atoms with Crippen molar-refractivity contribution in [1.29, 1.82) is 0 Å². The molecule has 2 aromatic carbocycles. The van der Waals surface area contributed by atoms with Gasteiger partial charge in [0.05, 0.1) is 18.0 Å². The molecule has 6 atom stereocenters. The van der Waals surface area contributed by atoms with Crippen molar-refractivity contribution in [2.45, 2.75) is 86.9 Å². The first-order valence-electron chi connectivity index (χ1n) is 12.1. The van der Waals surface area contributed by atoms with Crippen LogP contribution in [0.2, 0.25) is 18.1 Å². The third-order valence-corrected chi connectivity index (χ3v) is 12.7. The van der Waals surface area contributed by atoms with Crippen LogP contribution in [0.15, 0.2) is 65.6 Å². The Bertz CT molecular complexity index is 980. The Labute approximate surface area is 213 Å². The first-order chi connectivity index (χ1) is 16.5. The summed E-state index contributed by atoms with van der Waals surface area (Å²) in [5.74, 6) is -0.391. The highest BCUT2D eigenvalue weighted by atomic mass is 32.2. The summed E-state index contributed by atoms with van der Waals surface area (Å²) >= 11 is 1.60. The van der Waals surface area contributed by atoms with E-state index in [0.29, 0.717) is 6.61 Å². The molecule has 0 N–H and O–H groups in total. The topological polar surface area (TPSA) is 63.2 Å². The van der Waals surface area contributed by atoms with Crippen LogP contribution >= 0.6 is 11.8 Å². The van der Waals surface area contributed by atoms with Crippen LogP contribution < -0.4 is 0 Å². The van der Waals surface area contributed by atoms with E-state index in [2.05, 4.69) is 33.9 Å². The van der Waals surface area contributed by atoms with Gasteiger partial charge in [-0.15, -0.1) is 11.8 Å². The molecule has 0 radical (unpaired) electrons. The van der Waals surface area contributed by atoms with E-state index in [1.165, 1.54) is 6.92 Å². The van der Waals surface area contributed by atoms with Crippen molar-refractivity contribution >= 4 is 26.0 Å².